The minimum atomic E-state index is -1.44. The molecule has 0 N–H and O–H groups in total. The lowest BCUT2D eigenvalue weighted by Crippen LogP contribution is -2.34. The number of ether oxygens (including phenoxy) is 3. The van der Waals surface area contributed by atoms with Crippen LogP contribution in [0.1, 0.15) is 19.4 Å². The van der Waals surface area contributed by atoms with Gasteiger partial charge in [0.15, 0.2) is 29.0 Å². The molecular weight excluding hydrogens is 312 g/mol. The van der Waals surface area contributed by atoms with Crippen molar-refractivity contribution in [1.29, 1.82) is 0 Å². The number of hydrogen-bond acceptors (Lipinski definition) is 6. The van der Waals surface area contributed by atoms with Crippen molar-refractivity contribution in [2.24, 2.45) is 5.92 Å². The Labute approximate surface area is 139 Å². The second-order valence-electron chi connectivity index (χ2n) is 5.09. The zero-order chi connectivity index (χ0) is 17.7. The van der Waals surface area contributed by atoms with E-state index < -0.39 is 23.5 Å². The third-order valence-corrected chi connectivity index (χ3v) is 3.34. The van der Waals surface area contributed by atoms with Gasteiger partial charge in [-0.1, -0.05) is 12.1 Å². The molecule has 0 aliphatic carbocycles. The quantitative estimate of drug-likeness (QED) is 0.452. The van der Waals surface area contributed by atoms with Crippen LogP contribution in [-0.2, 0) is 19.1 Å². The Morgan fingerprint density at radius 1 is 1.29 bits per heavy atom. The Morgan fingerprint density at radius 2 is 2.04 bits per heavy atom. The summed E-state index contributed by atoms with van der Waals surface area (Å²) in [5.41, 5.74) is 0.673. The summed E-state index contributed by atoms with van der Waals surface area (Å²) >= 11 is 0. The second-order valence-corrected chi connectivity index (χ2v) is 5.09. The number of benzene rings is 1. The molecule has 0 saturated heterocycles. The van der Waals surface area contributed by atoms with Crippen molar-refractivity contribution in [3.63, 3.8) is 0 Å². The summed E-state index contributed by atoms with van der Waals surface area (Å²) in [6.07, 6.45) is 3.84. The van der Waals surface area contributed by atoms with Crippen LogP contribution in [0.5, 0.6) is 11.5 Å². The molecule has 1 aromatic rings. The summed E-state index contributed by atoms with van der Waals surface area (Å²) < 4.78 is 15.5. The number of carbonyl (C=O) groups excluding carboxylic acids is 3. The number of allylic oxidation sites excluding steroid dienone is 3. The van der Waals surface area contributed by atoms with Gasteiger partial charge in [0.1, 0.15) is 5.76 Å². The molecule has 1 aliphatic rings. The number of rotatable bonds is 6. The standard InChI is InChI=1S/C18H18O6/c1-4-23-15-8-6-12(10-16(15)22-3)5-7-13(19)17-14(20)9-11(2)24-18(17)21/h5-10,17H,4H2,1-3H3/b7-5+/t17-/m1/s1. The molecule has 0 fully saturated rings. The zero-order valence-electron chi connectivity index (χ0n) is 13.7. The average molecular weight is 330 g/mol. The molecule has 24 heavy (non-hydrogen) atoms. The maximum atomic E-state index is 12.1. The van der Waals surface area contributed by atoms with Gasteiger partial charge in [-0.2, -0.15) is 0 Å². The molecule has 0 spiro atoms. The highest BCUT2D eigenvalue weighted by molar-refractivity contribution is 6.25. The molecule has 1 aliphatic heterocycles. The van der Waals surface area contributed by atoms with Crippen LogP contribution in [-0.4, -0.2) is 31.3 Å². The molecule has 6 heteroatoms. The van der Waals surface area contributed by atoms with E-state index in [1.54, 1.807) is 18.2 Å². The van der Waals surface area contributed by atoms with Crippen LogP contribution in [0.3, 0.4) is 0 Å². The molecule has 0 amide bonds. The normalized spacial score (nSPS) is 17.5. The van der Waals surface area contributed by atoms with E-state index >= 15 is 0 Å². The van der Waals surface area contributed by atoms with Gasteiger partial charge in [0.2, 0.25) is 0 Å². The molecule has 0 radical (unpaired) electrons. The van der Waals surface area contributed by atoms with E-state index in [-0.39, 0.29) is 5.76 Å². The highest BCUT2D eigenvalue weighted by Crippen LogP contribution is 2.28. The van der Waals surface area contributed by atoms with Gasteiger partial charge in [-0.05, 0) is 37.6 Å². The molecular formula is C18H18O6. The first-order valence-corrected chi connectivity index (χ1v) is 7.42. The van der Waals surface area contributed by atoms with Crippen LogP contribution >= 0.6 is 0 Å². The van der Waals surface area contributed by atoms with Crippen molar-refractivity contribution < 1.29 is 28.6 Å². The lowest BCUT2D eigenvalue weighted by molar-refractivity contribution is -0.151. The predicted octanol–water partition coefficient (Wildman–Crippen LogP) is 2.32. The lowest BCUT2D eigenvalue weighted by atomic mass is 9.96. The fraction of sp³-hybridized carbons (Fsp3) is 0.278. The van der Waals surface area contributed by atoms with E-state index in [1.807, 2.05) is 6.92 Å². The Hall–Kier alpha value is -2.89. The number of esters is 1. The Morgan fingerprint density at radius 3 is 2.67 bits per heavy atom. The van der Waals surface area contributed by atoms with Crippen LogP contribution in [0.15, 0.2) is 36.1 Å². The summed E-state index contributed by atoms with van der Waals surface area (Å²) in [6, 6.07) is 5.15. The topological polar surface area (TPSA) is 78.9 Å². The van der Waals surface area contributed by atoms with Crippen molar-refractivity contribution in [3.05, 3.63) is 41.7 Å². The Bertz CT molecular complexity index is 729. The molecule has 1 aromatic carbocycles. The van der Waals surface area contributed by atoms with E-state index in [4.69, 9.17) is 14.2 Å². The van der Waals surface area contributed by atoms with Gasteiger partial charge in [0, 0.05) is 6.08 Å². The first-order chi connectivity index (χ1) is 11.5. The van der Waals surface area contributed by atoms with Gasteiger partial charge in [0.25, 0.3) is 0 Å². The van der Waals surface area contributed by atoms with Crippen LogP contribution in [0.2, 0.25) is 0 Å². The Kier molecular flexibility index (Phi) is 5.52. The van der Waals surface area contributed by atoms with Crippen molar-refractivity contribution in [2.45, 2.75) is 13.8 Å². The fourth-order valence-electron chi connectivity index (χ4n) is 2.24. The average Bonchev–Trinajstić information content (AvgIpc) is 2.53. The third-order valence-electron chi connectivity index (χ3n) is 3.34. The van der Waals surface area contributed by atoms with Crippen molar-refractivity contribution >= 4 is 23.6 Å². The van der Waals surface area contributed by atoms with Crippen molar-refractivity contribution in [2.75, 3.05) is 13.7 Å². The molecule has 0 aromatic heterocycles. The highest BCUT2D eigenvalue weighted by Gasteiger charge is 2.36. The molecule has 0 saturated carbocycles. The minimum Gasteiger partial charge on any atom is -0.493 e. The number of methoxy groups -OCH3 is 1. The predicted molar refractivity (Wildman–Crippen MR) is 86.6 cm³/mol. The van der Waals surface area contributed by atoms with Gasteiger partial charge in [-0.15, -0.1) is 0 Å². The molecule has 0 bridgehead atoms. The molecule has 6 nitrogen and oxygen atoms in total. The second kappa shape index (κ2) is 7.59. The minimum absolute atomic E-state index is 0.189. The van der Waals surface area contributed by atoms with Gasteiger partial charge in [-0.25, -0.2) is 0 Å². The van der Waals surface area contributed by atoms with E-state index in [2.05, 4.69) is 0 Å². The van der Waals surface area contributed by atoms with Crippen LogP contribution in [0.25, 0.3) is 6.08 Å². The summed E-state index contributed by atoms with van der Waals surface area (Å²) in [7, 11) is 1.52. The first kappa shape index (κ1) is 17.5. The molecule has 2 rings (SSSR count). The summed E-state index contributed by atoms with van der Waals surface area (Å²) in [5.74, 6) is -2.17. The monoisotopic (exact) mass is 330 g/mol. The van der Waals surface area contributed by atoms with Crippen LogP contribution < -0.4 is 9.47 Å². The molecule has 1 heterocycles. The summed E-state index contributed by atoms with van der Waals surface area (Å²) in [5, 5.41) is 0. The van der Waals surface area contributed by atoms with Gasteiger partial charge in [-0.3, -0.25) is 14.4 Å². The maximum absolute atomic E-state index is 12.1. The maximum Gasteiger partial charge on any atom is 0.329 e. The van der Waals surface area contributed by atoms with Gasteiger partial charge in [0.05, 0.1) is 13.7 Å². The highest BCUT2D eigenvalue weighted by atomic mass is 16.5. The van der Waals surface area contributed by atoms with Crippen LogP contribution in [0.4, 0.5) is 0 Å². The van der Waals surface area contributed by atoms with Gasteiger partial charge < -0.3 is 14.2 Å². The zero-order valence-corrected chi connectivity index (χ0v) is 13.7. The van der Waals surface area contributed by atoms with E-state index in [0.29, 0.717) is 23.7 Å². The number of hydrogen-bond donors (Lipinski definition) is 0. The largest absolute Gasteiger partial charge is 0.493 e. The lowest BCUT2D eigenvalue weighted by Gasteiger charge is -2.15. The smallest absolute Gasteiger partial charge is 0.329 e. The van der Waals surface area contributed by atoms with E-state index in [1.165, 1.54) is 26.2 Å². The van der Waals surface area contributed by atoms with Gasteiger partial charge >= 0.3 is 5.97 Å². The number of cyclic esters (lactones) is 1. The van der Waals surface area contributed by atoms with Crippen molar-refractivity contribution in [1.82, 2.24) is 0 Å². The molecule has 126 valence electrons. The SMILES string of the molecule is CCOc1ccc(/C=C/C(=O)[C@@H]2C(=O)C=C(C)OC2=O)cc1OC. The number of carbonyl (C=O) groups is 3. The number of ketones is 2. The van der Waals surface area contributed by atoms with Crippen molar-refractivity contribution in [3.8, 4) is 11.5 Å². The summed E-state index contributed by atoms with van der Waals surface area (Å²) in [4.78, 5) is 35.7. The third kappa shape index (κ3) is 3.90. The summed E-state index contributed by atoms with van der Waals surface area (Å²) in [6.45, 7) is 3.85. The van der Waals surface area contributed by atoms with E-state index in [9.17, 15) is 14.4 Å². The molecule has 0 unspecified atom stereocenters. The first-order valence-electron chi connectivity index (χ1n) is 7.42. The Balaban J connectivity index is 2.17. The van der Waals surface area contributed by atoms with Crippen LogP contribution in [0, 0.1) is 5.92 Å². The van der Waals surface area contributed by atoms with E-state index in [0.717, 1.165) is 6.08 Å². The molecule has 1 atom stereocenters. The fourth-order valence-corrected chi connectivity index (χ4v) is 2.24.